The van der Waals surface area contributed by atoms with Crippen LogP contribution in [0.3, 0.4) is 0 Å². The van der Waals surface area contributed by atoms with Crippen LogP contribution >= 0.6 is 0 Å². The van der Waals surface area contributed by atoms with Crippen molar-refractivity contribution in [2.75, 3.05) is 11.9 Å². The van der Waals surface area contributed by atoms with Crippen molar-refractivity contribution in [3.8, 4) is 0 Å². The molecule has 0 saturated carbocycles. The third kappa shape index (κ3) is 3.34. The fourth-order valence-corrected chi connectivity index (χ4v) is 4.64. The molecule has 0 spiro atoms. The van der Waals surface area contributed by atoms with E-state index < -0.39 is 16.1 Å². The molecule has 0 aliphatic carbocycles. The number of hydrogen-bond acceptors (Lipinski definition) is 3. The second-order valence-electron chi connectivity index (χ2n) is 5.95. The zero-order valence-electron chi connectivity index (χ0n) is 13.5. The van der Waals surface area contributed by atoms with Gasteiger partial charge in [0.15, 0.2) is 0 Å². The maximum Gasteiger partial charge on any atom is 0.243 e. The van der Waals surface area contributed by atoms with Crippen LogP contribution in [0.25, 0.3) is 0 Å². The highest BCUT2D eigenvalue weighted by Gasteiger charge is 2.39. The van der Waals surface area contributed by atoms with Crippen molar-refractivity contribution in [1.82, 2.24) is 4.31 Å². The lowest BCUT2D eigenvalue weighted by Gasteiger charge is -2.23. The minimum atomic E-state index is -3.66. The number of carbonyl (C=O) groups is 1. The molecule has 1 fully saturated rings. The van der Waals surface area contributed by atoms with Crippen LogP contribution in [-0.4, -0.2) is 31.2 Å². The minimum Gasteiger partial charge on any atom is -0.325 e. The number of benzene rings is 2. The van der Waals surface area contributed by atoms with Crippen molar-refractivity contribution in [1.29, 1.82) is 0 Å². The highest BCUT2D eigenvalue weighted by Crippen LogP contribution is 2.27. The molecule has 1 aliphatic heterocycles. The molecule has 1 saturated heterocycles. The maximum atomic E-state index is 12.8. The first-order valence-corrected chi connectivity index (χ1v) is 9.37. The summed E-state index contributed by atoms with van der Waals surface area (Å²) in [5, 5.41) is 2.83. The highest BCUT2D eigenvalue weighted by atomic mass is 32.2. The van der Waals surface area contributed by atoms with Crippen LogP contribution in [0, 0.1) is 6.92 Å². The second-order valence-corrected chi connectivity index (χ2v) is 7.84. The molecule has 1 amide bonds. The number of rotatable bonds is 4. The molecule has 1 aliphatic rings. The van der Waals surface area contributed by atoms with Gasteiger partial charge >= 0.3 is 0 Å². The summed E-state index contributed by atoms with van der Waals surface area (Å²) in [4.78, 5) is 12.8. The van der Waals surface area contributed by atoms with E-state index >= 15 is 0 Å². The molecule has 3 rings (SSSR count). The summed E-state index contributed by atoms with van der Waals surface area (Å²) in [5.74, 6) is -0.280. The molecular formula is C18H20N2O3S. The number of aryl methyl sites for hydroxylation is 1. The van der Waals surface area contributed by atoms with Gasteiger partial charge in [0.05, 0.1) is 4.90 Å². The molecule has 6 heteroatoms. The maximum absolute atomic E-state index is 12.8. The number of amides is 1. The number of hydrogen-bond donors (Lipinski definition) is 1. The third-order valence-corrected chi connectivity index (χ3v) is 6.06. The number of sulfonamides is 1. The van der Waals surface area contributed by atoms with Crippen molar-refractivity contribution in [3.05, 3.63) is 60.2 Å². The molecule has 1 unspecified atom stereocenters. The molecule has 24 heavy (non-hydrogen) atoms. The Labute approximate surface area is 142 Å². The van der Waals surface area contributed by atoms with Crippen molar-refractivity contribution in [2.24, 2.45) is 0 Å². The fraction of sp³-hybridized carbons (Fsp3) is 0.278. The smallest absolute Gasteiger partial charge is 0.243 e. The molecule has 1 atom stereocenters. The summed E-state index contributed by atoms with van der Waals surface area (Å²) in [7, 11) is -3.66. The minimum absolute atomic E-state index is 0.222. The Morgan fingerprint density at radius 2 is 1.88 bits per heavy atom. The Balaban J connectivity index is 1.81. The average Bonchev–Trinajstić information content (AvgIpc) is 3.06. The number of carbonyl (C=O) groups excluding carboxylic acids is 1. The number of nitrogens with zero attached hydrogens (tertiary/aromatic N) is 1. The molecular weight excluding hydrogens is 324 g/mol. The summed E-state index contributed by atoms with van der Waals surface area (Å²) in [5.41, 5.74) is 1.72. The zero-order chi connectivity index (χ0) is 17.2. The lowest BCUT2D eigenvalue weighted by molar-refractivity contribution is -0.119. The predicted molar refractivity (Wildman–Crippen MR) is 93.2 cm³/mol. The molecule has 1 N–H and O–H groups in total. The largest absolute Gasteiger partial charge is 0.325 e. The quantitative estimate of drug-likeness (QED) is 0.927. The molecule has 2 aromatic rings. The van der Waals surface area contributed by atoms with Gasteiger partial charge in [0.25, 0.3) is 0 Å². The summed E-state index contributed by atoms with van der Waals surface area (Å²) >= 11 is 0. The summed E-state index contributed by atoms with van der Waals surface area (Å²) in [6, 6.07) is 15.1. The summed E-state index contributed by atoms with van der Waals surface area (Å²) in [6.07, 6.45) is 1.21. The standard InChI is InChI=1S/C18H20N2O3S/c1-14-7-5-8-15(13-14)19-18(21)17-11-6-12-20(17)24(22,23)16-9-3-2-4-10-16/h2-5,7-10,13,17H,6,11-12H2,1H3,(H,19,21). The molecule has 0 bridgehead atoms. The lowest BCUT2D eigenvalue weighted by Crippen LogP contribution is -2.43. The first-order chi connectivity index (χ1) is 11.5. The van der Waals surface area contributed by atoms with E-state index in [9.17, 15) is 13.2 Å². The van der Waals surface area contributed by atoms with E-state index in [0.29, 0.717) is 25.1 Å². The Bertz CT molecular complexity index is 834. The first-order valence-electron chi connectivity index (χ1n) is 7.93. The topological polar surface area (TPSA) is 66.5 Å². The molecule has 5 nitrogen and oxygen atoms in total. The Hall–Kier alpha value is -2.18. The van der Waals surface area contributed by atoms with E-state index in [1.54, 1.807) is 36.4 Å². The van der Waals surface area contributed by atoms with E-state index in [0.717, 1.165) is 5.56 Å². The third-order valence-electron chi connectivity index (χ3n) is 4.14. The molecule has 2 aromatic carbocycles. The highest BCUT2D eigenvalue weighted by molar-refractivity contribution is 7.89. The van der Waals surface area contributed by atoms with Gasteiger partial charge in [-0.15, -0.1) is 0 Å². The van der Waals surface area contributed by atoms with Gasteiger partial charge in [-0.25, -0.2) is 8.42 Å². The van der Waals surface area contributed by atoms with Gasteiger partial charge in [-0.2, -0.15) is 4.31 Å². The first kappa shape index (κ1) is 16.7. The predicted octanol–water partition coefficient (Wildman–Crippen LogP) is 2.79. The van der Waals surface area contributed by atoms with Gasteiger partial charge in [0, 0.05) is 12.2 Å². The molecule has 0 aromatic heterocycles. The van der Waals surface area contributed by atoms with Crippen LogP contribution in [0.2, 0.25) is 0 Å². The lowest BCUT2D eigenvalue weighted by atomic mass is 10.2. The number of nitrogens with one attached hydrogen (secondary N) is 1. The van der Waals surface area contributed by atoms with Gasteiger partial charge < -0.3 is 5.32 Å². The number of anilines is 1. The van der Waals surface area contributed by atoms with E-state index in [1.165, 1.54) is 4.31 Å². The average molecular weight is 344 g/mol. The van der Waals surface area contributed by atoms with Crippen molar-refractivity contribution < 1.29 is 13.2 Å². The van der Waals surface area contributed by atoms with Gasteiger partial charge in [-0.3, -0.25) is 4.79 Å². The Morgan fingerprint density at radius 1 is 1.12 bits per heavy atom. The van der Waals surface area contributed by atoms with Crippen LogP contribution in [0.15, 0.2) is 59.5 Å². The monoisotopic (exact) mass is 344 g/mol. The summed E-state index contributed by atoms with van der Waals surface area (Å²) < 4.78 is 26.9. The van der Waals surface area contributed by atoms with Gasteiger partial charge in [-0.05, 0) is 49.6 Å². The van der Waals surface area contributed by atoms with E-state index in [2.05, 4.69) is 5.32 Å². The zero-order valence-corrected chi connectivity index (χ0v) is 14.3. The fourth-order valence-electron chi connectivity index (χ4n) is 2.97. The van der Waals surface area contributed by atoms with E-state index in [-0.39, 0.29) is 10.8 Å². The van der Waals surface area contributed by atoms with Gasteiger partial charge in [0.1, 0.15) is 6.04 Å². The van der Waals surface area contributed by atoms with Gasteiger partial charge in [0.2, 0.25) is 15.9 Å². The van der Waals surface area contributed by atoms with Crippen LogP contribution in [0.5, 0.6) is 0 Å². The second kappa shape index (κ2) is 6.75. The normalized spacial score (nSPS) is 18.5. The Kier molecular flexibility index (Phi) is 4.69. The van der Waals surface area contributed by atoms with Crippen LogP contribution in [0.1, 0.15) is 18.4 Å². The summed E-state index contributed by atoms with van der Waals surface area (Å²) in [6.45, 7) is 2.31. The van der Waals surface area contributed by atoms with Crippen molar-refractivity contribution >= 4 is 21.6 Å². The van der Waals surface area contributed by atoms with Crippen LogP contribution in [-0.2, 0) is 14.8 Å². The van der Waals surface area contributed by atoms with Crippen LogP contribution in [0.4, 0.5) is 5.69 Å². The van der Waals surface area contributed by atoms with Crippen LogP contribution < -0.4 is 5.32 Å². The Morgan fingerprint density at radius 3 is 2.58 bits per heavy atom. The van der Waals surface area contributed by atoms with Crippen molar-refractivity contribution in [3.63, 3.8) is 0 Å². The molecule has 1 heterocycles. The molecule has 126 valence electrons. The van der Waals surface area contributed by atoms with Crippen molar-refractivity contribution in [2.45, 2.75) is 30.7 Å². The SMILES string of the molecule is Cc1cccc(NC(=O)C2CCCN2S(=O)(=O)c2ccccc2)c1. The van der Waals surface area contributed by atoms with Gasteiger partial charge in [-0.1, -0.05) is 30.3 Å². The van der Waals surface area contributed by atoms with E-state index in [1.807, 2.05) is 25.1 Å². The molecule has 0 radical (unpaired) electrons. The van der Waals surface area contributed by atoms with E-state index in [4.69, 9.17) is 0 Å².